The third-order valence-electron chi connectivity index (χ3n) is 3.21. The van der Waals surface area contributed by atoms with Gasteiger partial charge in [-0.1, -0.05) is 0 Å². The lowest BCUT2D eigenvalue weighted by molar-refractivity contribution is 0.386. The highest BCUT2D eigenvalue weighted by molar-refractivity contribution is 7.87. The Kier molecular flexibility index (Phi) is 14.4. The van der Waals surface area contributed by atoms with Gasteiger partial charge in [-0.25, -0.2) is 0 Å². The summed E-state index contributed by atoms with van der Waals surface area (Å²) in [6.45, 7) is 0. The van der Waals surface area contributed by atoms with Crippen molar-refractivity contribution in [2.24, 2.45) is 0 Å². The van der Waals surface area contributed by atoms with E-state index in [1.165, 1.54) is 0 Å². The molecule has 0 saturated heterocycles. The fourth-order valence-electron chi connectivity index (χ4n) is 1.83. The van der Waals surface area contributed by atoms with Crippen LogP contribution in [-0.4, -0.2) is 72.3 Å². The van der Waals surface area contributed by atoms with E-state index in [9.17, 15) is 33.7 Å². The summed E-state index contributed by atoms with van der Waals surface area (Å²) < 4.78 is 120. The van der Waals surface area contributed by atoms with Crippen molar-refractivity contribution in [3.63, 3.8) is 0 Å². The summed E-state index contributed by atoms with van der Waals surface area (Å²) in [5.41, 5.74) is 0. The van der Waals surface area contributed by atoms with E-state index in [0.717, 1.165) is 0 Å². The van der Waals surface area contributed by atoms with Crippen molar-refractivity contribution < 1.29 is 72.3 Å². The van der Waals surface area contributed by atoms with Gasteiger partial charge in [-0.05, 0) is 12.1 Å². The third-order valence-corrected chi connectivity index (χ3v) is 6.61. The van der Waals surface area contributed by atoms with Gasteiger partial charge in [0.2, 0.25) is 0 Å². The number of hydrogen-bond acceptors (Lipinski definition) is 16. The van der Waals surface area contributed by atoms with Crippen LogP contribution in [0.2, 0.25) is 0 Å². The highest BCUT2D eigenvalue weighted by atomic mass is 32.2. The summed E-state index contributed by atoms with van der Waals surface area (Å²) in [5.74, 6) is -4.64. The van der Waals surface area contributed by atoms with Gasteiger partial charge in [0.25, 0.3) is 40.5 Å². The SMILES string of the molecule is N.N.N.N.O=S(=O)(O)c1cc(O)c(O)c(S(=O)(=O)O)c1.O=S(=O)(O)c1cc(O)c(O)c(S(=O)(=O)O)c1. The maximum absolute atomic E-state index is 10.7. The number of hydrogen-bond donors (Lipinski definition) is 12. The smallest absolute Gasteiger partial charge is 0.298 e. The molecule has 0 amide bonds. The molecule has 0 saturated carbocycles. The van der Waals surface area contributed by atoms with Crippen molar-refractivity contribution in [1.29, 1.82) is 0 Å². The molecule has 20 N–H and O–H groups in total. The van der Waals surface area contributed by atoms with Crippen molar-refractivity contribution in [3.8, 4) is 23.0 Å². The molecule has 212 valence electrons. The zero-order valence-corrected chi connectivity index (χ0v) is 20.9. The van der Waals surface area contributed by atoms with Gasteiger partial charge in [-0.3, -0.25) is 18.2 Å². The van der Waals surface area contributed by atoms with Crippen LogP contribution in [-0.2, 0) is 40.5 Å². The van der Waals surface area contributed by atoms with Crippen molar-refractivity contribution in [3.05, 3.63) is 24.3 Å². The molecule has 20 nitrogen and oxygen atoms in total. The number of benzene rings is 2. The molecule has 36 heavy (non-hydrogen) atoms. The first-order valence-corrected chi connectivity index (χ1v) is 12.8. The Hall–Kier alpha value is -2.88. The van der Waals surface area contributed by atoms with Gasteiger partial charge in [0, 0.05) is 12.1 Å². The van der Waals surface area contributed by atoms with Crippen LogP contribution in [0.5, 0.6) is 23.0 Å². The van der Waals surface area contributed by atoms with Gasteiger partial charge in [0.15, 0.2) is 23.0 Å². The summed E-state index contributed by atoms with van der Waals surface area (Å²) in [5, 5.41) is 36.1. The largest absolute Gasteiger partial charge is 0.504 e. The Morgan fingerprint density at radius 2 is 0.639 bits per heavy atom. The second-order valence-electron chi connectivity index (χ2n) is 5.48. The standard InChI is InChI=1S/2C6H6O8S2.4H3N/c2*7-4-1-3(15(9,10)11)2-5(6(4)8)16(12,13)14;;;;/h2*1-2,7-8H,(H,9,10,11)(H,12,13,14);4*1H3. The van der Waals surface area contributed by atoms with Crippen molar-refractivity contribution >= 4 is 40.5 Å². The van der Waals surface area contributed by atoms with Crippen LogP contribution in [0.25, 0.3) is 0 Å². The predicted octanol–water partition coefficient (Wildman–Crippen LogP) is -0.170. The Balaban J connectivity index is -0.000000256. The van der Waals surface area contributed by atoms with Crippen LogP contribution in [0.1, 0.15) is 0 Å². The van der Waals surface area contributed by atoms with Gasteiger partial charge >= 0.3 is 0 Å². The summed E-state index contributed by atoms with van der Waals surface area (Å²) in [6.07, 6.45) is 0. The normalized spacial score (nSPS) is 11.2. The van der Waals surface area contributed by atoms with Crippen molar-refractivity contribution in [1.82, 2.24) is 24.6 Å². The molecule has 0 heterocycles. The van der Waals surface area contributed by atoms with E-state index in [1.807, 2.05) is 0 Å². The minimum Gasteiger partial charge on any atom is -0.504 e. The number of phenolic OH excluding ortho intramolecular Hbond substituents is 4. The van der Waals surface area contributed by atoms with E-state index in [1.54, 1.807) is 0 Å². The molecule has 0 aromatic heterocycles. The minimum atomic E-state index is -4.92. The molecular weight excluding hydrogens is 584 g/mol. The Morgan fingerprint density at radius 3 is 0.806 bits per heavy atom. The van der Waals surface area contributed by atoms with Gasteiger partial charge < -0.3 is 45.0 Å². The van der Waals surface area contributed by atoms with Crippen LogP contribution < -0.4 is 24.6 Å². The second kappa shape index (κ2) is 12.9. The summed E-state index contributed by atoms with van der Waals surface area (Å²) in [7, 11) is -19.4. The molecule has 24 heteroatoms. The molecule has 0 spiro atoms. The minimum absolute atomic E-state index is 0. The quantitative estimate of drug-likeness (QED) is 0.158. The first-order valence-electron chi connectivity index (χ1n) is 7.08. The molecule has 2 aromatic carbocycles. The summed E-state index contributed by atoms with van der Waals surface area (Å²) >= 11 is 0. The number of phenols is 4. The molecule has 0 aliphatic carbocycles. The molecule has 2 rings (SSSR count). The van der Waals surface area contributed by atoms with Crippen LogP contribution in [0.3, 0.4) is 0 Å². The van der Waals surface area contributed by atoms with E-state index in [4.69, 9.17) is 38.6 Å². The molecule has 0 bridgehead atoms. The molecule has 0 aliphatic heterocycles. The number of aromatic hydroxyl groups is 4. The van der Waals surface area contributed by atoms with Gasteiger partial charge in [-0.15, -0.1) is 0 Å². The highest BCUT2D eigenvalue weighted by Gasteiger charge is 2.24. The van der Waals surface area contributed by atoms with Gasteiger partial charge in [0.05, 0.1) is 9.79 Å². The Bertz CT molecular complexity index is 1390. The zero-order chi connectivity index (χ0) is 25.4. The van der Waals surface area contributed by atoms with E-state index in [0.29, 0.717) is 24.3 Å². The molecule has 0 atom stereocenters. The maximum atomic E-state index is 10.7. The Labute approximate surface area is 204 Å². The lowest BCUT2D eigenvalue weighted by Crippen LogP contribution is -2.03. The summed E-state index contributed by atoms with van der Waals surface area (Å²) in [4.78, 5) is -4.40. The maximum Gasteiger partial charge on any atom is 0.298 e. The fourth-order valence-corrected chi connectivity index (χ4v) is 4.28. The first kappa shape index (κ1) is 40.3. The monoisotopic (exact) mass is 608 g/mol. The lowest BCUT2D eigenvalue weighted by atomic mass is 10.3. The zero-order valence-electron chi connectivity index (χ0n) is 17.6. The molecule has 0 radical (unpaired) electrons. The first-order chi connectivity index (χ1) is 14.1. The lowest BCUT2D eigenvalue weighted by Gasteiger charge is -2.05. The Morgan fingerprint density at radius 1 is 0.417 bits per heavy atom. The fraction of sp³-hybridized carbons (Fsp3) is 0. The van der Waals surface area contributed by atoms with Crippen molar-refractivity contribution in [2.75, 3.05) is 0 Å². The van der Waals surface area contributed by atoms with Crippen LogP contribution in [0.15, 0.2) is 43.8 Å². The molecule has 2 aromatic rings. The topological polar surface area (TPSA) is 438 Å². The third kappa shape index (κ3) is 10.0. The number of rotatable bonds is 4. The van der Waals surface area contributed by atoms with Gasteiger partial charge in [0.1, 0.15) is 9.79 Å². The van der Waals surface area contributed by atoms with Crippen LogP contribution in [0, 0.1) is 0 Å². The second-order valence-corrected chi connectivity index (χ2v) is 11.1. The predicted molar refractivity (Wildman–Crippen MR) is 119 cm³/mol. The average Bonchev–Trinajstić information content (AvgIpc) is 2.56. The summed E-state index contributed by atoms with van der Waals surface area (Å²) in [6, 6.07) is 1.47. The highest BCUT2D eigenvalue weighted by Crippen LogP contribution is 2.35. The average molecular weight is 609 g/mol. The molecule has 0 unspecified atom stereocenters. The van der Waals surface area contributed by atoms with E-state index in [2.05, 4.69) is 0 Å². The van der Waals surface area contributed by atoms with Crippen molar-refractivity contribution in [2.45, 2.75) is 19.6 Å². The van der Waals surface area contributed by atoms with Crippen LogP contribution >= 0.6 is 0 Å². The molecule has 0 fully saturated rings. The van der Waals surface area contributed by atoms with E-state index < -0.39 is 83.1 Å². The van der Waals surface area contributed by atoms with Crippen LogP contribution in [0.4, 0.5) is 0 Å². The van der Waals surface area contributed by atoms with E-state index in [-0.39, 0.29) is 24.6 Å². The molecular formula is C12H24N4O16S4. The molecule has 0 aliphatic rings. The van der Waals surface area contributed by atoms with Gasteiger partial charge in [-0.2, -0.15) is 33.7 Å². The van der Waals surface area contributed by atoms with E-state index >= 15 is 0 Å².